The van der Waals surface area contributed by atoms with Crippen molar-refractivity contribution in [3.8, 4) is 22.3 Å². The molecule has 226 valence electrons. The van der Waals surface area contributed by atoms with Gasteiger partial charge in [0.05, 0.1) is 17.1 Å². The molecule has 0 saturated heterocycles. The minimum absolute atomic E-state index is 0.0784. The topological polar surface area (TPSA) is 29.3 Å². The predicted octanol–water partition coefficient (Wildman–Crippen LogP) is 11.7. The molecule has 1 N–H and O–H groups in total. The smallest absolute Gasteiger partial charge is 0.210 e. The van der Waals surface area contributed by atoms with Crippen LogP contribution in [0.5, 0.6) is 0 Å². The van der Waals surface area contributed by atoms with Crippen molar-refractivity contribution < 1.29 is 0 Å². The number of nitrogens with one attached hydrogen (secondary N) is 1. The Hall–Kier alpha value is -5.97. The van der Waals surface area contributed by atoms with E-state index in [2.05, 4.69) is 174 Å². The summed E-state index contributed by atoms with van der Waals surface area (Å²) in [4.78, 5) is 5.47. The molecular formula is C44H29N3S. The number of thiophene rings is 1. The first-order chi connectivity index (χ1) is 23.8. The maximum atomic E-state index is 5.47. The van der Waals surface area contributed by atoms with Crippen molar-refractivity contribution in [3.05, 3.63) is 175 Å². The van der Waals surface area contributed by atoms with Crippen LogP contribution in [0.2, 0.25) is 0 Å². The number of hydrogen-bond donors (Lipinski definition) is 1. The van der Waals surface area contributed by atoms with Crippen molar-refractivity contribution in [1.82, 2.24) is 9.88 Å². The normalized spacial score (nSPS) is 14.3. The molecule has 0 saturated carbocycles. The van der Waals surface area contributed by atoms with E-state index in [-0.39, 0.29) is 6.04 Å². The molecule has 9 aromatic rings. The molecule has 10 rings (SSSR count). The van der Waals surface area contributed by atoms with Crippen LogP contribution < -0.4 is 5.32 Å². The molecule has 0 amide bonds. The van der Waals surface area contributed by atoms with E-state index in [1.165, 1.54) is 65.0 Å². The van der Waals surface area contributed by atoms with Crippen molar-refractivity contribution in [3.63, 3.8) is 0 Å². The summed E-state index contributed by atoms with van der Waals surface area (Å²) < 4.78 is 3.56. The van der Waals surface area contributed by atoms with Gasteiger partial charge < -0.3 is 5.32 Å². The fourth-order valence-electron chi connectivity index (χ4n) is 7.45. The predicted molar refractivity (Wildman–Crippen MR) is 204 cm³/mol. The maximum absolute atomic E-state index is 5.47. The average molecular weight is 632 g/mol. The first-order valence-electron chi connectivity index (χ1n) is 16.3. The average Bonchev–Trinajstić information content (AvgIpc) is 3.68. The highest BCUT2D eigenvalue weighted by atomic mass is 32.1. The van der Waals surface area contributed by atoms with Gasteiger partial charge in [-0.25, -0.2) is 4.99 Å². The molecule has 7 aromatic carbocycles. The molecule has 1 aliphatic heterocycles. The van der Waals surface area contributed by atoms with Gasteiger partial charge in [0.2, 0.25) is 5.96 Å². The van der Waals surface area contributed by atoms with Crippen LogP contribution in [0.15, 0.2) is 169 Å². The Morgan fingerprint density at radius 3 is 1.85 bits per heavy atom. The first kappa shape index (κ1) is 27.2. The van der Waals surface area contributed by atoms with Crippen LogP contribution in [0, 0.1) is 0 Å². The number of nitrogens with zero attached hydrogens (tertiary/aromatic N) is 2. The first-order valence-corrected chi connectivity index (χ1v) is 17.2. The quantitative estimate of drug-likeness (QED) is 0.207. The lowest BCUT2D eigenvalue weighted by atomic mass is 9.90. The zero-order chi connectivity index (χ0) is 31.6. The summed E-state index contributed by atoms with van der Waals surface area (Å²) in [5.41, 5.74) is 9.61. The Morgan fingerprint density at radius 2 is 1.12 bits per heavy atom. The largest absolute Gasteiger partial charge is 0.344 e. The molecule has 0 radical (unpaired) electrons. The van der Waals surface area contributed by atoms with E-state index < -0.39 is 0 Å². The molecule has 0 spiro atoms. The van der Waals surface area contributed by atoms with Crippen LogP contribution in [0.4, 0.5) is 5.00 Å². The summed E-state index contributed by atoms with van der Waals surface area (Å²) in [6.45, 7) is 0. The van der Waals surface area contributed by atoms with E-state index in [9.17, 15) is 0 Å². The molecule has 1 atom stereocenters. The van der Waals surface area contributed by atoms with Crippen molar-refractivity contribution in [2.24, 2.45) is 4.99 Å². The summed E-state index contributed by atoms with van der Waals surface area (Å²) in [5.74, 6) is 0.843. The third-order valence-corrected chi connectivity index (χ3v) is 10.7. The molecule has 0 aliphatic carbocycles. The number of rotatable bonds is 3. The van der Waals surface area contributed by atoms with E-state index in [0.29, 0.717) is 0 Å². The number of para-hydroxylation sites is 1. The molecule has 1 unspecified atom stereocenters. The summed E-state index contributed by atoms with van der Waals surface area (Å²) in [5, 5.41) is 11.2. The van der Waals surface area contributed by atoms with Gasteiger partial charge in [0, 0.05) is 26.4 Å². The second kappa shape index (κ2) is 10.8. The fourth-order valence-corrected chi connectivity index (χ4v) is 8.58. The Morgan fingerprint density at radius 1 is 0.521 bits per heavy atom. The number of benzene rings is 7. The van der Waals surface area contributed by atoms with Crippen LogP contribution in [-0.2, 0) is 0 Å². The van der Waals surface area contributed by atoms with Gasteiger partial charge in [0.25, 0.3) is 0 Å². The Kier molecular flexibility index (Phi) is 6.11. The van der Waals surface area contributed by atoms with E-state index in [0.717, 1.165) is 22.0 Å². The lowest BCUT2D eigenvalue weighted by molar-refractivity contribution is 0.741. The molecule has 48 heavy (non-hydrogen) atoms. The van der Waals surface area contributed by atoms with Crippen LogP contribution in [0.1, 0.15) is 17.2 Å². The van der Waals surface area contributed by atoms with E-state index in [4.69, 9.17) is 4.99 Å². The minimum atomic E-state index is -0.0784. The minimum Gasteiger partial charge on any atom is -0.344 e. The van der Waals surface area contributed by atoms with Gasteiger partial charge in [0.15, 0.2) is 0 Å². The van der Waals surface area contributed by atoms with Crippen molar-refractivity contribution in [2.75, 3.05) is 0 Å². The van der Waals surface area contributed by atoms with Gasteiger partial charge in [-0.05, 0) is 68.9 Å². The molecule has 1 aliphatic rings. The van der Waals surface area contributed by atoms with Gasteiger partial charge in [-0.3, -0.25) is 4.57 Å². The standard InChI is InChI=1S/C44H29N3S/c1-4-14-28(15-5-1)34-26-37-40(27-35(34)29-16-6-2-7-17-29)48-43-41(37)42(30-18-8-3-9-19-30)45-44(46-43)47-38-23-13-12-22-33(38)36-24-31-20-10-11-21-32(31)25-39(36)47/h1-27,42H,(H,45,46). The van der Waals surface area contributed by atoms with E-state index >= 15 is 0 Å². The second-order valence-electron chi connectivity index (χ2n) is 12.4. The van der Waals surface area contributed by atoms with Crippen LogP contribution in [0.25, 0.3) is 64.9 Å². The van der Waals surface area contributed by atoms with Crippen molar-refractivity contribution >= 4 is 65.0 Å². The second-order valence-corrected chi connectivity index (χ2v) is 13.5. The molecular weight excluding hydrogens is 603 g/mol. The maximum Gasteiger partial charge on any atom is 0.210 e. The van der Waals surface area contributed by atoms with E-state index in [1.54, 1.807) is 11.3 Å². The van der Waals surface area contributed by atoms with Gasteiger partial charge in [-0.2, -0.15) is 0 Å². The van der Waals surface area contributed by atoms with Gasteiger partial charge in [-0.1, -0.05) is 133 Å². The SMILES string of the molecule is c1ccc(-c2cc3sc4c(c3cc2-c2ccccc2)C(c2ccccc2)NC(n2c3ccccc3c3cc5ccccc5cc32)=N4)cc1. The number of aliphatic imine (C=N–C) groups is 1. The lowest BCUT2D eigenvalue weighted by Gasteiger charge is -2.27. The Bertz CT molecular complexity index is 2690. The van der Waals surface area contributed by atoms with Crippen LogP contribution in [-0.4, -0.2) is 10.5 Å². The highest BCUT2D eigenvalue weighted by molar-refractivity contribution is 7.23. The van der Waals surface area contributed by atoms with Gasteiger partial charge >= 0.3 is 0 Å². The molecule has 3 heterocycles. The van der Waals surface area contributed by atoms with Crippen molar-refractivity contribution in [1.29, 1.82) is 0 Å². The summed E-state index contributed by atoms with van der Waals surface area (Å²) in [6, 6.07) is 58.9. The molecule has 0 bridgehead atoms. The van der Waals surface area contributed by atoms with Crippen LogP contribution in [0.3, 0.4) is 0 Å². The summed E-state index contributed by atoms with van der Waals surface area (Å²) in [6.07, 6.45) is 0. The monoisotopic (exact) mass is 631 g/mol. The lowest BCUT2D eigenvalue weighted by Crippen LogP contribution is -2.36. The third kappa shape index (κ3) is 4.23. The molecule has 4 heteroatoms. The molecule has 0 fully saturated rings. The molecule has 3 nitrogen and oxygen atoms in total. The number of hydrogen-bond acceptors (Lipinski definition) is 3. The zero-order valence-corrected chi connectivity index (χ0v) is 26.8. The zero-order valence-electron chi connectivity index (χ0n) is 26.0. The van der Waals surface area contributed by atoms with Crippen LogP contribution >= 0.6 is 11.3 Å². The molecule has 2 aromatic heterocycles. The summed E-state index contributed by atoms with van der Waals surface area (Å²) >= 11 is 1.78. The van der Waals surface area contributed by atoms with Crippen molar-refractivity contribution in [2.45, 2.75) is 6.04 Å². The highest BCUT2D eigenvalue weighted by Gasteiger charge is 2.30. The van der Waals surface area contributed by atoms with Gasteiger partial charge in [-0.15, -0.1) is 11.3 Å². The summed E-state index contributed by atoms with van der Waals surface area (Å²) in [7, 11) is 0. The Balaban J connectivity index is 1.26. The van der Waals surface area contributed by atoms with Gasteiger partial charge in [0.1, 0.15) is 5.00 Å². The Labute approximate surface area is 282 Å². The number of fused-ring (bicyclic) bond motifs is 7. The fraction of sp³-hybridized carbons (Fsp3) is 0.0227. The van der Waals surface area contributed by atoms with E-state index in [1.807, 2.05) is 0 Å². The highest BCUT2D eigenvalue weighted by Crippen LogP contribution is 2.49. The third-order valence-electron chi connectivity index (χ3n) is 9.67. The number of aromatic nitrogens is 1.